The SMILES string of the molecule is CCCNc1cnccc1C(=O)Nc1cccnn1. The van der Waals surface area contributed by atoms with Crippen molar-refractivity contribution in [1.29, 1.82) is 0 Å². The second kappa shape index (κ2) is 6.44. The van der Waals surface area contributed by atoms with Crippen molar-refractivity contribution in [3.8, 4) is 0 Å². The average Bonchev–Trinajstić information content (AvgIpc) is 2.46. The van der Waals surface area contributed by atoms with Crippen LogP contribution in [0.5, 0.6) is 0 Å². The maximum atomic E-state index is 12.2. The minimum absolute atomic E-state index is 0.235. The Kier molecular flexibility index (Phi) is 4.39. The Labute approximate surface area is 111 Å². The molecule has 0 aliphatic rings. The minimum Gasteiger partial charge on any atom is -0.383 e. The Bertz CT molecular complexity index is 544. The van der Waals surface area contributed by atoms with E-state index in [1.807, 2.05) is 0 Å². The number of hydrogen-bond acceptors (Lipinski definition) is 5. The summed E-state index contributed by atoms with van der Waals surface area (Å²) in [6.07, 6.45) is 5.75. The van der Waals surface area contributed by atoms with E-state index in [4.69, 9.17) is 0 Å². The maximum absolute atomic E-state index is 12.2. The largest absolute Gasteiger partial charge is 0.383 e. The van der Waals surface area contributed by atoms with E-state index in [9.17, 15) is 4.79 Å². The molecule has 19 heavy (non-hydrogen) atoms. The van der Waals surface area contributed by atoms with E-state index in [1.165, 1.54) is 0 Å². The summed E-state index contributed by atoms with van der Waals surface area (Å²) in [7, 11) is 0. The van der Waals surface area contributed by atoms with Crippen LogP contribution < -0.4 is 10.6 Å². The molecule has 6 heteroatoms. The van der Waals surface area contributed by atoms with Gasteiger partial charge >= 0.3 is 0 Å². The summed E-state index contributed by atoms with van der Waals surface area (Å²) in [4.78, 5) is 16.2. The molecular weight excluding hydrogens is 242 g/mol. The number of rotatable bonds is 5. The van der Waals surface area contributed by atoms with Crippen molar-refractivity contribution in [1.82, 2.24) is 15.2 Å². The molecule has 0 unspecified atom stereocenters. The lowest BCUT2D eigenvalue weighted by Gasteiger charge is -2.10. The molecule has 2 heterocycles. The third-order valence-electron chi connectivity index (χ3n) is 2.45. The first-order chi connectivity index (χ1) is 9.31. The van der Waals surface area contributed by atoms with Crippen molar-refractivity contribution in [3.63, 3.8) is 0 Å². The van der Waals surface area contributed by atoms with Gasteiger partial charge in [-0.2, -0.15) is 5.10 Å². The van der Waals surface area contributed by atoms with Crippen molar-refractivity contribution in [2.75, 3.05) is 17.2 Å². The van der Waals surface area contributed by atoms with E-state index in [1.54, 1.807) is 36.8 Å². The summed E-state index contributed by atoms with van der Waals surface area (Å²) < 4.78 is 0. The molecule has 2 aromatic heterocycles. The number of anilines is 2. The smallest absolute Gasteiger partial charge is 0.259 e. The van der Waals surface area contributed by atoms with E-state index in [0.29, 0.717) is 17.1 Å². The first-order valence-electron chi connectivity index (χ1n) is 6.08. The summed E-state index contributed by atoms with van der Waals surface area (Å²) in [5.74, 6) is 0.187. The molecule has 2 N–H and O–H groups in total. The molecule has 0 saturated heterocycles. The van der Waals surface area contributed by atoms with Gasteiger partial charge in [0.1, 0.15) is 0 Å². The topological polar surface area (TPSA) is 79.8 Å². The van der Waals surface area contributed by atoms with Crippen molar-refractivity contribution in [2.24, 2.45) is 0 Å². The first kappa shape index (κ1) is 12.9. The molecule has 0 saturated carbocycles. The fourth-order valence-electron chi connectivity index (χ4n) is 1.54. The molecule has 0 atom stereocenters. The number of carbonyl (C=O) groups is 1. The molecule has 6 nitrogen and oxygen atoms in total. The van der Waals surface area contributed by atoms with E-state index < -0.39 is 0 Å². The zero-order chi connectivity index (χ0) is 13.5. The van der Waals surface area contributed by atoms with Crippen molar-refractivity contribution < 1.29 is 4.79 Å². The van der Waals surface area contributed by atoms with E-state index in [-0.39, 0.29) is 5.91 Å². The molecule has 0 bridgehead atoms. The van der Waals surface area contributed by atoms with Gasteiger partial charge in [0.2, 0.25) is 0 Å². The monoisotopic (exact) mass is 257 g/mol. The molecule has 0 radical (unpaired) electrons. The van der Waals surface area contributed by atoms with Gasteiger partial charge in [-0.25, -0.2) is 0 Å². The van der Waals surface area contributed by atoms with Crippen LogP contribution >= 0.6 is 0 Å². The van der Waals surface area contributed by atoms with Crippen LogP contribution in [0.2, 0.25) is 0 Å². The lowest BCUT2D eigenvalue weighted by Crippen LogP contribution is -2.16. The molecular formula is C13H15N5O. The number of nitrogens with zero attached hydrogens (tertiary/aromatic N) is 3. The Morgan fingerprint density at radius 3 is 2.95 bits per heavy atom. The summed E-state index contributed by atoms with van der Waals surface area (Å²) in [6, 6.07) is 5.07. The molecule has 0 spiro atoms. The maximum Gasteiger partial charge on any atom is 0.259 e. The van der Waals surface area contributed by atoms with Crippen LogP contribution in [0.3, 0.4) is 0 Å². The van der Waals surface area contributed by atoms with Crippen LogP contribution in [0, 0.1) is 0 Å². The van der Waals surface area contributed by atoms with Crippen LogP contribution in [0.4, 0.5) is 11.5 Å². The second-order valence-corrected chi connectivity index (χ2v) is 3.91. The molecule has 0 aromatic carbocycles. The van der Waals surface area contributed by atoms with Gasteiger partial charge in [0.25, 0.3) is 5.91 Å². The zero-order valence-electron chi connectivity index (χ0n) is 10.6. The highest BCUT2D eigenvalue weighted by atomic mass is 16.1. The van der Waals surface area contributed by atoms with Gasteiger partial charge in [-0.15, -0.1) is 5.10 Å². The van der Waals surface area contributed by atoms with Crippen molar-refractivity contribution in [3.05, 3.63) is 42.4 Å². The van der Waals surface area contributed by atoms with Crippen molar-refractivity contribution in [2.45, 2.75) is 13.3 Å². The molecule has 0 fully saturated rings. The highest BCUT2D eigenvalue weighted by Gasteiger charge is 2.11. The molecule has 0 aliphatic carbocycles. The molecule has 2 rings (SSSR count). The highest BCUT2D eigenvalue weighted by Crippen LogP contribution is 2.15. The van der Waals surface area contributed by atoms with Crippen LogP contribution in [0.25, 0.3) is 0 Å². The number of hydrogen-bond donors (Lipinski definition) is 2. The van der Waals surface area contributed by atoms with Crippen LogP contribution in [-0.4, -0.2) is 27.6 Å². The molecule has 1 amide bonds. The number of nitrogens with one attached hydrogen (secondary N) is 2. The average molecular weight is 257 g/mol. The fourth-order valence-corrected chi connectivity index (χ4v) is 1.54. The third kappa shape index (κ3) is 3.48. The number of aromatic nitrogens is 3. The van der Waals surface area contributed by atoms with Crippen molar-refractivity contribution >= 4 is 17.4 Å². The third-order valence-corrected chi connectivity index (χ3v) is 2.45. The number of amides is 1. The molecule has 98 valence electrons. The van der Waals surface area contributed by atoms with E-state index >= 15 is 0 Å². The van der Waals surface area contributed by atoms with Crippen LogP contribution in [0.15, 0.2) is 36.8 Å². The Morgan fingerprint density at radius 2 is 2.21 bits per heavy atom. The van der Waals surface area contributed by atoms with Gasteiger partial charge in [-0.3, -0.25) is 9.78 Å². The minimum atomic E-state index is -0.235. The second-order valence-electron chi connectivity index (χ2n) is 3.91. The molecule has 2 aromatic rings. The van der Waals surface area contributed by atoms with Crippen LogP contribution in [-0.2, 0) is 0 Å². The summed E-state index contributed by atoms with van der Waals surface area (Å²) in [5.41, 5.74) is 1.25. The highest BCUT2D eigenvalue weighted by molar-refractivity contribution is 6.07. The predicted molar refractivity (Wildman–Crippen MR) is 73.0 cm³/mol. The Balaban J connectivity index is 2.14. The van der Waals surface area contributed by atoms with E-state index in [0.717, 1.165) is 13.0 Å². The quantitative estimate of drug-likeness (QED) is 0.855. The summed E-state index contributed by atoms with van der Waals surface area (Å²) in [5, 5.41) is 13.4. The number of pyridine rings is 1. The lowest BCUT2D eigenvalue weighted by atomic mass is 10.2. The standard InChI is InChI=1S/C13H15N5O/c1-2-6-15-11-9-14-8-5-10(11)13(19)17-12-4-3-7-16-18-12/h3-5,7-9,15H,2,6H2,1H3,(H,17,18,19). The van der Waals surface area contributed by atoms with Crippen LogP contribution in [0.1, 0.15) is 23.7 Å². The Morgan fingerprint density at radius 1 is 1.32 bits per heavy atom. The Hall–Kier alpha value is -2.50. The van der Waals surface area contributed by atoms with Gasteiger partial charge in [0, 0.05) is 18.9 Å². The first-order valence-corrected chi connectivity index (χ1v) is 6.08. The predicted octanol–water partition coefficient (Wildman–Crippen LogP) is 1.95. The summed E-state index contributed by atoms with van der Waals surface area (Å²) in [6.45, 7) is 2.85. The van der Waals surface area contributed by atoms with Gasteiger partial charge < -0.3 is 10.6 Å². The van der Waals surface area contributed by atoms with Gasteiger partial charge in [-0.05, 0) is 24.6 Å². The van der Waals surface area contributed by atoms with Gasteiger partial charge in [0.05, 0.1) is 17.4 Å². The van der Waals surface area contributed by atoms with Gasteiger partial charge in [0.15, 0.2) is 5.82 Å². The fraction of sp³-hybridized carbons (Fsp3) is 0.231. The van der Waals surface area contributed by atoms with E-state index in [2.05, 4.69) is 32.7 Å². The number of carbonyl (C=O) groups excluding carboxylic acids is 1. The zero-order valence-corrected chi connectivity index (χ0v) is 10.6. The molecule has 0 aliphatic heterocycles. The summed E-state index contributed by atoms with van der Waals surface area (Å²) >= 11 is 0. The van der Waals surface area contributed by atoms with Gasteiger partial charge in [-0.1, -0.05) is 6.92 Å². The normalized spacial score (nSPS) is 9.95. The lowest BCUT2D eigenvalue weighted by molar-refractivity contribution is 0.102.